The van der Waals surface area contributed by atoms with Gasteiger partial charge in [0.15, 0.2) is 5.16 Å². The Morgan fingerprint density at radius 3 is 2.94 bits per heavy atom. The number of hydrogen-bond acceptors (Lipinski definition) is 4. The van der Waals surface area contributed by atoms with Crippen molar-refractivity contribution in [3.8, 4) is 0 Å². The Morgan fingerprint density at radius 1 is 1.69 bits per heavy atom. The lowest BCUT2D eigenvalue weighted by molar-refractivity contribution is 0.500. The van der Waals surface area contributed by atoms with Gasteiger partial charge in [-0.15, -0.1) is 0 Å². The minimum atomic E-state index is -0.303. The highest BCUT2D eigenvalue weighted by Crippen LogP contribution is 2.24. The standard InChI is InChI=1S/C10H16N4OS/c1-10(2,8(11)12)4-6-16-9-13-5-3-7(15)14-9/h3,5H,4,6H2,1-2H3,(H3,11,12)(H,13,14,15). The maximum Gasteiger partial charge on any atom is 0.251 e. The van der Waals surface area contributed by atoms with Crippen LogP contribution in [-0.2, 0) is 0 Å². The maximum atomic E-state index is 11.0. The molecule has 16 heavy (non-hydrogen) atoms. The number of H-pyrrole nitrogens is 1. The molecule has 0 aliphatic rings. The summed E-state index contributed by atoms with van der Waals surface area (Å²) in [7, 11) is 0. The molecule has 6 heteroatoms. The highest BCUT2D eigenvalue weighted by molar-refractivity contribution is 7.99. The number of aromatic nitrogens is 2. The molecule has 1 rings (SSSR count). The van der Waals surface area contributed by atoms with Crippen LogP contribution in [0.15, 0.2) is 22.2 Å². The van der Waals surface area contributed by atoms with Gasteiger partial charge in [-0.2, -0.15) is 0 Å². The van der Waals surface area contributed by atoms with E-state index in [0.717, 1.165) is 12.2 Å². The molecule has 0 unspecified atom stereocenters. The maximum absolute atomic E-state index is 11.0. The Labute approximate surface area is 98.4 Å². The predicted molar refractivity (Wildman–Crippen MR) is 65.9 cm³/mol. The van der Waals surface area contributed by atoms with Crippen LogP contribution in [0.2, 0.25) is 0 Å². The number of nitrogens with one attached hydrogen (secondary N) is 2. The molecule has 1 aromatic heterocycles. The zero-order valence-corrected chi connectivity index (χ0v) is 10.2. The Kier molecular flexibility index (Phi) is 4.12. The number of rotatable bonds is 5. The van der Waals surface area contributed by atoms with Crippen LogP contribution in [0.4, 0.5) is 0 Å². The first-order valence-corrected chi connectivity index (χ1v) is 5.93. The smallest absolute Gasteiger partial charge is 0.251 e. The van der Waals surface area contributed by atoms with E-state index in [1.54, 1.807) is 0 Å². The fourth-order valence-corrected chi connectivity index (χ4v) is 2.08. The Balaban J connectivity index is 2.48. The fraction of sp³-hybridized carbons (Fsp3) is 0.500. The number of hydrogen-bond donors (Lipinski definition) is 3. The monoisotopic (exact) mass is 240 g/mol. The van der Waals surface area contributed by atoms with Crippen LogP contribution in [0.1, 0.15) is 20.3 Å². The van der Waals surface area contributed by atoms with Crippen molar-refractivity contribution < 1.29 is 0 Å². The van der Waals surface area contributed by atoms with Crippen molar-refractivity contribution in [2.45, 2.75) is 25.4 Å². The topological polar surface area (TPSA) is 95.6 Å². The van der Waals surface area contributed by atoms with Crippen molar-refractivity contribution >= 4 is 17.6 Å². The Hall–Kier alpha value is -1.30. The van der Waals surface area contributed by atoms with Crippen molar-refractivity contribution in [2.24, 2.45) is 11.1 Å². The summed E-state index contributed by atoms with van der Waals surface area (Å²) in [6, 6.07) is 1.38. The van der Waals surface area contributed by atoms with Crippen LogP contribution in [0.5, 0.6) is 0 Å². The van der Waals surface area contributed by atoms with Gasteiger partial charge in [0.25, 0.3) is 5.56 Å². The summed E-state index contributed by atoms with van der Waals surface area (Å²) in [4.78, 5) is 17.7. The molecule has 0 spiro atoms. The van der Waals surface area contributed by atoms with Gasteiger partial charge in [0.05, 0.1) is 5.84 Å². The van der Waals surface area contributed by atoms with E-state index in [0.29, 0.717) is 5.16 Å². The minimum absolute atomic E-state index is 0.150. The number of thioether (sulfide) groups is 1. The van der Waals surface area contributed by atoms with Gasteiger partial charge in [0.2, 0.25) is 0 Å². The van der Waals surface area contributed by atoms with Crippen molar-refractivity contribution in [2.75, 3.05) is 5.75 Å². The van der Waals surface area contributed by atoms with E-state index in [1.807, 2.05) is 13.8 Å². The highest BCUT2D eigenvalue weighted by Gasteiger charge is 2.21. The molecule has 0 aliphatic carbocycles. The molecule has 1 heterocycles. The first-order valence-electron chi connectivity index (χ1n) is 4.94. The normalized spacial score (nSPS) is 11.4. The van der Waals surface area contributed by atoms with Gasteiger partial charge in [0.1, 0.15) is 0 Å². The first kappa shape index (κ1) is 12.8. The molecular formula is C10H16N4OS. The zero-order chi connectivity index (χ0) is 12.2. The number of nitrogens with zero attached hydrogens (tertiary/aromatic N) is 1. The second-order valence-electron chi connectivity index (χ2n) is 4.14. The van der Waals surface area contributed by atoms with E-state index in [1.165, 1.54) is 24.0 Å². The van der Waals surface area contributed by atoms with Crippen LogP contribution >= 0.6 is 11.8 Å². The third-order valence-electron chi connectivity index (χ3n) is 2.34. The van der Waals surface area contributed by atoms with Crippen LogP contribution in [0, 0.1) is 10.8 Å². The summed E-state index contributed by atoms with van der Waals surface area (Å²) in [6.45, 7) is 3.86. The molecule has 0 saturated heterocycles. The molecule has 1 aromatic rings. The van der Waals surface area contributed by atoms with Crippen molar-refractivity contribution in [3.63, 3.8) is 0 Å². The van der Waals surface area contributed by atoms with Crippen LogP contribution in [0.25, 0.3) is 0 Å². The average Bonchev–Trinajstić information content (AvgIpc) is 2.17. The van der Waals surface area contributed by atoms with Gasteiger partial charge in [-0.25, -0.2) is 4.98 Å². The SMILES string of the molecule is CC(C)(CCSc1nccc(=O)[nH]1)C(=N)N. The summed E-state index contributed by atoms with van der Waals surface area (Å²) in [5, 5.41) is 8.01. The lowest BCUT2D eigenvalue weighted by atomic mass is 9.89. The number of nitrogens with two attached hydrogens (primary N) is 1. The zero-order valence-electron chi connectivity index (χ0n) is 9.41. The van der Waals surface area contributed by atoms with E-state index in [4.69, 9.17) is 11.1 Å². The van der Waals surface area contributed by atoms with Crippen molar-refractivity contribution in [1.82, 2.24) is 9.97 Å². The summed E-state index contributed by atoms with van der Waals surface area (Å²) in [5.74, 6) is 0.946. The van der Waals surface area contributed by atoms with Gasteiger partial charge >= 0.3 is 0 Å². The predicted octanol–water partition coefficient (Wildman–Crippen LogP) is 1.21. The molecule has 88 valence electrons. The van der Waals surface area contributed by atoms with E-state index in [2.05, 4.69) is 9.97 Å². The van der Waals surface area contributed by atoms with Crippen molar-refractivity contribution in [1.29, 1.82) is 5.41 Å². The summed E-state index contributed by atoms with van der Waals surface area (Å²) in [5.41, 5.74) is 5.02. The molecule has 4 N–H and O–H groups in total. The van der Waals surface area contributed by atoms with Crippen LogP contribution in [0.3, 0.4) is 0 Å². The molecule has 0 radical (unpaired) electrons. The molecule has 0 bridgehead atoms. The lowest BCUT2D eigenvalue weighted by Crippen LogP contribution is -2.31. The highest BCUT2D eigenvalue weighted by atomic mass is 32.2. The second kappa shape index (κ2) is 5.16. The molecule has 0 amide bonds. The molecular weight excluding hydrogens is 224 g/mol. The van der Waals surface area contributed by atoms with Gasteiger partial charge in [-0.1, -0.05) is 25.6 Å². The van der Waals surface area contributed by atoms with Crippen molar-refractivity contribution in [3.05, 3.63) is 22.6 Å². The molecule has 0 aliphatic heterocycles. The minimum Gasteiger partial charge on any atom is -0.387 e. The lowest BCUT2D eigenvalue weighted by Gasteiger charge is -2.22. The number of amidine groups is 1. The third kappa shape index (κ3) is 3.69. The molecule has 0 fully saturated rings. The van der Waals surface area contributed by atoms with Gasteiger partial charge in [0, 0.05) is 23.4 Å². The van der Waals surface area contributed by atoms with Gasteiger partial charge in [-0.3, -0.25) is 10.2 Å². The molecule has 0 saturated carbocycles. The van der Waals surface area contributed by atoms with Crippen LogP contribution < -0.4 is 11.3 Å². The Morgan fingerprint density at radius 2 is 2.38 bits per heavy atom. The largest absolute Gasteiger partial charge is 0.387 e. The summed E-state index contributed by atoms with van der Waals surface area (Å²) >= 11 is 1.46. The third-order valence-corrected chi connectivity index (χ3v) is 3.23. The first-order chi connectivity index (χ1) is 7.42. The Bertz CT molecular complexity index is 427. The fourth-order valence-electron chi connectivity index (χ4n) is 0.963. The summed E-state index contributed by atoms with van der Waals surface area (Å²) < 4.78 is 0. The second-order valence-corrected chi connectivity index (χ2v) is 5.22. The molecule has 5 nitrogen and oxygen atoms in total. The van der Waals surface area contributed by atoms with Gasteiger partial charge in [-0.05, 0) is 6.42 Å². The molecule has 0 atom stereocenters. The van der Waals surface area contributed by atoms with Gasteiger partial charge < -0.3 is 10.7 Å². The van der Waals surface area contributed by atoms with E-state index >= 15 is 0 Å². The van der Waals surface area contributed by atoms with E-state index < -0.39 is 0 Å². The van der Waals surface area contributed by atoms with E-state index in [9.17, 15) is 4.79 Å². The average molecular weight is 240 g/mol. The summed E-state index contributed by atoms with van der Waals surface area (Å²) in [6.07, 6.45) is 2.25. The quantitative estimate of drug-likeness (QED) is 0.312. The van der Waals surface area contributed by atoms with Crippen LogP contribution in [-0.4, -0.2) is 21.6 Å². The van der Waals surface area contributed by atoms with E-state index in [-0.39, 0.29) is 16.8 Å². The number of aromatic amines is 1. The molecule has 0 aromatic carbocycles.